The van der Waals surface area contributed by atoms with Crippen molar-refractivity contribution in [3.05, 3.63) is 67.8 Å². The Hall–Kier alpha value is -0.640. The smallest absolute Gasteiger partial charge is 0.0741 e. The maximum absolute atomic E-state index is 3.86. The van der Waals surface area contributed by atoms with E-state index in [-0.39, 0.29) is 4.83 Å². The van der Waals surface area contributed by atoms with Gasteiger partial charge in [0.15, 0.2) is 0 Å². The fourth-order valence-corrected chi connectivity index (χ4v) is 4.80. The number of hydrogen-bond acceptors (Lipinski definition) is 1. The maximum Gasteiger partial charge on any atom is 0.0741 e. The van der Waals surface area contributed by atoms with E-state index in [9.17, 15) is 0 Å². The third kappa shape index (κ3) is 2.72. The van der Waals surface area contributed by atoms with Crippen LogP contribution in [0.3, 0.4) is 0 Å². The summed E-state index contributed by atoms with van der Waals surface area (Å²) in [6.45, 7) is 4.35. The second-order valence-electron chi connectivity index (χ2n) is 5.02. The molecule has 2 aromatic carbocycles. The number of aryl methyl sites for hydroxylation is 2. The average Bonchev–Trinajstić information content (AvgIpc) is 2.76. The van der Waals surface area contributed by atoms with Gasteiger partial charge in [-0.05, 0) is 60.0 Å². The number of thiophene rings is 1. The van der Waals surface area contributed by atoms with Gasteiger partial charge in [-0.2, -0.15) is 0 Å². The zero-order valence-corrected chi connectivity index (χ0v) is 15.3. The van der Waals surface area contributed by atoms with Crippen LogP contribution in [0.15, 0.2) is 46.9 Å². The lowest BCUT2D eigenvalue weighted by Crippen LogP contribution is -1.91. The molecule has 0 aliphatic rings. The van der Waals surface area contributed by atoms with Crippen LogP contribution in [0.2, 0.25) is 0 Å². The van der Waals surface area contributed by atoms with Crippen molar-refractivity contribution in [3.63, 3.8) is 0 Å². The van der Waals surface area contributed by atoms with Gasteiger partial charge in [-0.15, -0.1) is 11.3 Å². The highest BCUT2D eigenvalue weighted by molar-refractivity contribution is 9.10. The van der Waals surface area contributed by atoms with Crippen molar-refractivity contribution in [2.75, 3.05) is 0 Å². The normalized spacial score (nSPS) is 12.8. The Morgan fingerprint density at radius 2 is 1.65 bits per heavy atom. The van der Waals surface area contributed by atoms with E-state index in [0.717, 1.165) is 4.47 Å². The van der Waals surface area contributed by atoms with Crippen molar-refractivity contribution in [3.8, 4) is 0 Å². The van der Waals surface area contributed by atoms with Gasteiger partial charge in [0, 0.05) is 14.2 Å². The quantitative estimate of drug-likeness (QED) is 0.410. The van der Waals surface area contributed by atoms with E-state index in [2.05, 4.69) is 88.2 Å². The summed E-state index contributed by atoms with van der Waals surface area (Å²) in [5.74, 6) is 0. The maximum atomic E-state index is 3.86. The van der Waals surface area contributed by atoms with Crippen LogP contribution < -0.4 is 0 Å². The van der Waals surface area contributed by atoms with Crippen molar-refractivity contribution in [1.29, 1.82) is 0 Å². The first-order valence-electron chi connectivity index (χ1n) is 6.45. The minimum Gasteiger partial charge on any atom is -0.144 e. The van der Waals surface area contributed by atoms with Gasteiger partial charge in [-0.25, -0.2) is 0 Å². The van der Waals surface area contributed by atoms with E-state index in [4.69, 9.17) is 0 Å². The van der Waals surface area contributed by atoms with Crippen molar-refractivity contribution >= 4 is 54.0 Å². The van der Waals surface area contributed by atoms with Gasteiger partial charge >= 0.3 is 0 Å². The molecule has 0 fully saturated rings. The molecule has 3 heteroatoms. The van der Waals surface area contributed by atoms with Crippen LogP contribution in [0.4, 0.5) is 0 Å². The molecule has 0 aliphatic carbocycles. The highest BCUT2D eigenvalue weighted by atomic mass is 79.9. The first-order valence-corrected chi connectivity index (χ1v) is 8.97. The SMILES string of the molecule is Cc1cc(C)c(C(Br)c2ccc3cc(Br)ccc3c2)s1. The number of rotatable bonds is 2. The average molecular weight is 410 g/mol. The van der Waals surface area contributed by atoms with E-state index in [1.165, 1.54) is 31.7 Å². The number of alkyl halides is 1. The Labute approximate surface area is 140 Å². The summed E-state index contributed by atoms with van der Waals surface area (Å²) in [6.07, 6.45) is 0. The third-order valence-corrected chi connectivity index (χ3v) is 6.43. The lowest BCUT2D eigenvalue weighted by atomic mass is 10.0. The first kappa shape index (κ1) is 14.3. The zero-order chi connectivity index (χ0) is 14.3. The van der Waals surface area contributed by atoms with E-state index >= 15 is 0 Å². The fourth-order valence-electron chi connectivity index (χ4n) is 2.46. The second kappa shape index (κ2) is 5.63. The number of fused-ring (bicyclic) bond motifs is 1. The van der Waals surface area contributed by atoms with E-state index in [1.54, 1.807) is 0 Å². The summed E-state index contributed by atoms with van der Waals surface area (Å²) in [4.78, 5) is 3.04. The Balaban J connectivity index is 2.05. The third-order valence-electron chi connectivity index (χ3n) is 3.43. The minimum absolute atomic E-state index is 0.272. The van der Waals surface area contributed by atoms with E-state index in [0.29, 0.717) is 0 Å². The molecule has 0 aliphatic heterocycles. The summed E-state index contributed by atoms with van der Waals surface area (Å²) in [5, 5.41) is 2.54. The van der Waals surface area contributed by atoms with Crippen LogP contribution in [-0.2, 0) is 0 Å². The predicted molar refractivity (Wildman–Crippen MR) is 96.2 cm³/mol. The van der Waals surface area contributed by atoms with Gasteiger partial charge in [0.25, 0.3) is 0 Å². The molecule has 0 saturated carbocycles. The lowest BCUT2D eigenvalue weighted by Gasteiger charge is -2.11. The van der Waals surface area contributed by atoms with Gasteiger partial charge in [0.1, 0.15) is 0 Å². The van der Waals surface area contributed by atoms with E-state index in [1.807, 2.05) is 11.3 Å². The molecular weight excluding hydrogens is 396 g/mol. The molecule has 1 aromatic heterocycles. The molecule has 3 aromatic rings. The van der Waals surface area contributed by atoms with Crippen LogP contribution in [0, 0.1) is 13.8 Å². The Morgan fingerprint density at radius 1 is 0.950 bits per heavy atom. The van der Waals surface area contributed by atoms with Crippen LogP contribution >= 0.6 is 43.2 Å². The van der Waals surface area contributed by atoms with Gasteiger partial charge < -0.3 is 0 Å². The molecule has 0 amide bonds. The molecule has 1 unspecified atom stereocenters. The number of halogens is 2. The van der Waals surface area contributed by atoms with E-state index < -0.39 is 0 Å². The lowest BCUT2D eigenvalue weighted by molar-refractivity contribution is 1.20. The Kier molecular flexibility index (Phi) is 4.02. The van der Waals surface area contributed by atoms with Crippen molar-refractivity contribution in [2.24, 2.45) is 0 Å². The van der Waals surface area contributed by atoms with Gasteiger partial charge in [0.2, 0.25) is 0 Å². The molecule has 0 bridgehead atoms. The molecule has 0 saturated heterocycles. The summed E-state index contributed by atoms with van der Waals surface area (Å²) in [5.41, 5.74) is 2.68. The standard InChI is InChI=1S/C17H14Br2S/c1-10-7-11(2)20-17(10)16(19)14-4-3-13-9-15(18)6-5-12(13)8-14/h3-9,16H,1-2H3. The molecule has 102 valence electrons. The first-order chi connectivity index (χ1) is 9.54. The van der Waals surface area contributed by atoms with Gasteiger partial charge in [-0.1, -0.05) is 50.1 Å². The highest BCUT2D eigenvalue weighted by Gasteiger charge is 2.15. The fraction of sp³-hybridized carbons (Fsp3) is 0.176. The molecule has 1 atom stereocenters. The number of benzene rings is 2. The molecule has 3 rings (SSSR count). The highest BCUT2D eigenvalue weighted by Crippen LogP contribution is 2.38. The van der Waals surface area contributed by atoms with Crippen LogP contribution in [0.5, 0.6) is 0 Å². The van der Waals surface area contributed by atoms with Gasteiger partial charge in [-0.3, -0.25) is 0 Å². The monoisotopic (exact) mass is 408 g/mol. The summed E-state index contributed by atoms with van der Waals surface area (Å²) < 4.78 is 1.12. The van der Waals surface area contributed by atoms with Gasteiger partial charge in [0.05, 0.1) is 4.83 Å². The van der Waals surface area contributed by atoms with Crippen molar-refractivity contribution < 1.29 is 0 Å². The summed E-state index contributed by atoms with van der Waals surface area (Å²) in [7, 11) is 0. The molecule has 0 spiro atoms. The predicted octanol–water partition coefficient (Wildman–Crippen LogP) is 6.76. The molecule has 0 radical (unpaired) electrons. The largest absolute Gasteiger partial charge is 0.144 e. The topological polar surface area (TPSA) is 0 Å². The molecule has 20 heavy (non-hydrogen) atoms. The van der Waals surface area contributed by atoms with Crippen LogP contribution in [0.1, 0.15) is 25.7 Å². The Bertz CT molecular complexity index is 774. The van der Waals surface area contributed by atoms with Crippen molar-refractivity contribution in [2.45, 2.75) is 18.7 Å². The zero-order valence-electron chi connectivity index (χ0n) is 11.3. The molecule has 0 N–H and O–H groups in total. The number of hydrogen-bond donors (Lipinski definition) is 0. The van der Waals surface area contributed by atoms with Crippen molar-refractivity contribution in [1.82, 2.24) is 0 Å². The Morgan fingerprint density at radius 3 is 2.35 bits per heavy atom. The summed E-state index contributed by atoms with van der Waals surface area (Å²) >= 11 is 9.25. The molecule has 0 nitrogen and oxygen atoms in total. The minimum atomic E-state index is 0.272. The summed E-state index contributed by atoms with van der Waals surface area (Å²) in [6, 6.07) is 15.3. The molecule has 1 heterocycles. The molecular formula is C17H14Br2S. The van der Waals surface area contributed by atoms with Crippen LogP contribution in [-0.4, -0.2) is 0 Å². The second-order valence-corrected chi connectivity index (χ2v) is 8.14. The van der Waals surface area contributed by atoms with Crippen LogP contribution in [0.25, 0.3) is 10.8 Å².